The number of fused-ring (bicyclic) bond motifs is 1. The fraction of sp³-hybridized carbons (Fsp3) is 0.188. The number of carbonyl (C=O) groups is 1. The Morgan fingerprint density at radius 1 is 1.24 bits per heavy atom. The van der Waals surface area contributed by atoms with Gasteiger partial charge in [0.15, 0.2) is 5.65 Å². The van der Waals surface area contributed by atoms with Crippen LogP contribution in [0.4, 0.5) is 5.69 Å². The molecule has 2 N–H and O–H groups in total. The molecule has 0 aliphatic carbocycles. The van der Waals surface area contributed by atoms with E-state index in [1.807, 2.05) is 0 Å². The molecule has 0 unspecified atom stereocenters. The number of benzene rings is 1. The Morgan fingerprint density at radius 2 is 2.00 bits per heavy atom. The van der Waals surface area contributed by atoms with Gasteiger partial charge in [-0.15, -0.1) is 0 Å². The third-order valence-electron chi connectivity index (χ3n) is 3.80. The topological polar surface area (TPSA) is 105 Å². The molecule has 0 saturated carbocycles. The summed E-state index contributed by atoms with van der Waals surface area (Å²) in [6.45, 7) is 3.41. The second-order valence-electron chi connectivity index (χ2n) is 5.49. The predicted octanol–water partition coefficient (Wildman–Crippen LogP) is 1.51. The highest BCUT2D eigenvalue weighted by atomic mass is 32.2. The molecule has 1 amide bonds. The Morgan fingerprint density at radius 3 is 2.72 bits per heavy atom. The lowest BCUT2D eigenvalue weighted by atomic mass is 10.2. The molecule has 1 aromatic carbocycles. The number of aryl methyl sites for hydroxylation is 2. The van der Waals surface area contributed by atoms with E-state index in [0.29, 0.717) is 28.2 Å². The summed E-state index contributed by atoms with van der Waals surface area (Å²) >= 11 is 0. The minimum absolute atomic E-state index is 0.113. The van der Waals surface area contributed by atoms with Gasteiger partial charge in [0.05, 0.1) is 10.6 Å². The van der Waals surface area contributed by atoms with Crippen LogP contribution in [-0.2, 0) is 10.0 Å². The van der Waals surface area contributed by atoms with E-state index < -0.39 is 15.9 Å². The van der Waals surface area contributed by atoms with E-state index in [9.17, 15) is 13.2 Å². The summed E-state index contributed by atoms with van der Waals surface area (Å²) in [6.07, 6.45) is 3.28. The summed E-state index contributed by atoms with van der Waals surface area (Å²) in [5, 5.41) is 6.96. The van der Waals surface area contributed by atoms with Crippen molar-refractivity contribution in [2.24, 2.45) is 0 Å². The lowest BCUT2D eigenvalue weighted by Crippen LogP contribution is -2.20. The number of rotatable bonds is 4. The van der Waals surface area contributed by atoms with Crippen molar-refractivity contribution < 1.29 is 13.2 Å². The fourth-order valence-electron chi connectivity index (χ4n) is 2.53. The van der Waals surface area contributed by atoms with Crippen LogP contribution in [0, 0.1) is 13.8 Å². The van der Waals surface area contributed by atoms with Crippen LogP contribution in [0.15, 0.2) is 41.6 Å². The van der Waals surface area contributed by atoms with Gasteiger partial charge in [-0.05, 0) is 44.7 Å². The molecule has 0 aliphatic rings. The third-order valence-corrected chi connectivity index (χ3v) is 5.36. The van der Waals surface area contributed by atoms with Gasteiger partial charge in [-0.3, -0.25) is 4.79 Å². The van der Waals surface area contributed by atoms with Crippen LogP contribution in [0.2, 0.25) is 0 Å². The first kappa shape index (κ1) is 17.1. The molecule has 0 radical (unpaired) electrons. The lowest BCUT2D eigenvalue weighted by molar-refractivity contribution is 0.102. The minimum atomic E-state index is -3.61. The lowest BCUT2D eigenvalue weighted by Gasteiger charge is -2.10. The van der Waals surface area contributed by atoms with Gasteiger partial charge in [-0.1, -0.05) is 6.07 Å². The highest BCUT2D eigenvalue weighted by molar-refractivity contribution is 7.89. The molecule has 130 valence electrons. The molecule has 8 nitrogen and oxygen atoms in total. The summed E-state index contributed by atoms with van der Waals surface area (Å²) in [5.41, 5.74) is 2.28. The molecule has 0 saturated heterocycles. The van der Waals surface area contributed by atoms with Crippen molar-refractivity contribution in [3.63, 3.8) is 0 Å². The number of anilines is 1. The van der Waals surface area contributed by atoms with Gasteiger partial charge in [0, 0.05) is 18.1 Å². The van der Waals surface area contributed by atoms with Crippen LogP contribution in [0.1, 0.15) is 21.6 Å². The van der Waals surface area contributed by atoms with E-state index in [-0.39, 0.29) is 4.90 Å². The maximum atomic E-state index is 12.7. The molecule has 0 fully saturated rings. The minimum Gasteiger partial charge on any atom is -0.322 e. The molecular weight excluding hydrogens is 342 g/mol. The SMILES string of the molecule is CNS(=O)(=O)c1cc(NC(=O)c2c(C)nn3cccnc23)ccc1C. The highest BCUT2D eigenvalue weighted by Crippen LogP contribution is 2.21. The maximum Gasteiger partial charge on any atom is 0.261 e. The predicted molar refractivity (Wildman–Crippen MR) is 93.1 cm³/mol. The second kappa shape index (κ2) is 6.26. The van der Waals surface area contributed by atoms with E-state index in [0.717, 1.165) is 0 Å². The Kier molecular flexibility index (Phi) is 4.27. The van der Waals surface area contributed by atoms with Gasteiger partial charge in [0.1, 0.15) is 5.56 Å². The standard InChI is InChI=1S/C16H17N5O3S/c1-10-5-6-12(9-13(10)25(23,24)17-3)19-16(22)14-11(2)20-21-8-4-7-18-15(14)21/h4-9,17H,1-3H3,(H,19,22). The fourth-order valence-corrected chi connectivity index (χ4v) is 3.53. The van der Waals surface area contributed by atoms with Gasteiger partial charge >= 0.3 is 0 Å². The molecule has 0 bridgehead atoms. The number of amides is 1. The summed E-state index contributed by atoms with van der Waals surface area (Å²) in [7, 11) is -2.27. The molecule has 0 spiro atoms. The zero-order valence-corrected chi connectivity index (χ0v) is 14.8. The van der Waals surface area contributed by atoms with E-state index in [4.69, 9.17) is 0 Å². The molecule has 3 aromatic rings. The Bertz CT molecular complexity index is 1070. The van der Waals surface area contributed by atoms with Crippen molar-refractivity contribution in [2.75, 3.05) is 12.4 Å². The van der Waals surface area contributed by atoms with Crippen LogP contribution in [0.3, 0.4) is 0 Å². The number of aromatic nitrogens is 3. The van der Waals surface area contributed by atoms with Crippen LogP contribution in [0.25, 0.3) is 5.65 Å². The summed E-state index contributed by atoms with van der Waals surface area (Å²) in [5.74, 6) is -0.400. The second-order valence-corrected chi connectivity index (χ2v) is 7.35. The zero-order chi connectivity index (χ0) is 18.2. The average molecular weight is 359 g/mol. The van der Waals surface area contributed by atoms with Crippen molar-refractivity contribution in [3.05, 3.63) is 53.5 Å². The number of nitrogens with zero attached hydrogens (tertiary/aromatic N) is 3. The molecule has 3 rings (SSSR count). The zero-order valence-electron chi connectivity index (χ0n) is 13.9. The van der Waals surface area contributed by atoms with Gasteiger partial charge in [0.2, 0.25) is 10.0 Å². The molecule has 0 atom stereocenters. The van der Waals surface area contributed by atoms with Gasteiger partial charge in [0.25, 0.3) is 5.91 Å². The van der Waals surface area contributed by atoms with Crippen LogP contribution >= 0.6 is 0 Å². The van der Waals surface area contributed by atoms with Crippen LogP contribution < -0.4 is 10.0 Å². The molecular formula is C16H17N5O3S. The van der Waals surface area contributed by atoms with Crippen molar-refractivity contribution in [3.8, 4) is 0 Å². The number of nitrogens with one attached hydrogen (secondary N) is 2. The molecule has 25 heavy (non-hydrogen) atoms. The van der Waals surface area contributed by atoms with E-state index in [1.165, 1.54) is 17.6 Å². The van der Waals surface area contributed by atoms with Crippen molar-refractivity contribution in [1.29, 1.82) is 0 Å². The Balaban J connectivity index is 1.99. The third kappa shape index (κ3) is 3.11. The smallest absolute Gasteiger partial charge is 0.261 e. The first-order valence-electron chi connectivity index (χ1n) is 7.49. The first-order valence-corrected chi connectivity index (χ1v) is 8.97. The van der Waals surface area contributed by atoms with E-state index in [2.05, 4.69) is 20.1 Å². The van der Waals surface area contributed by atoms with Crippen LogP contribution in [-0.4, -0.2) is 36.0 Å². The van der Waals surface area contributed by atoms with Gasteiger partial charge in [-0.2, -0.15) is 5.10 Å². The normalized spacial score (nSPS) is 11.6. The van der Waals surface area contributed by atoms with Crippen molar-refractivity contribution in [1.82, 2.24) is 19.3 Å². The molecule has 9 heteroatoms. The number of hydrogen-bond donors (Lipinski definition) is 2. The van der Waals surface area contributed by atoms with Gasteiger partial charge < -0.3 is 5.32 Å². The van der Waals surface area contributed by atoms with Gasteiger partial charge in [-0.25, -0.2) is 22.6 Å². The Hall–Kier alpha value is -2.78. The van der Waals surface area contributed by atoms with E-state index in [1.54, 1.807) is 44.4 Å². The summed E-state index contributed by atoms with van der Waals surface area (Å²) in [4.78, 5) is 17.0. The summed E-state index contributed by atoms with van der Waals surface area (Å²) < 4.78 is 27.9. The Labute approximate surface area is 144 Å². The van der Waals surface area contributed by atoms with Crippen molar-refractivity contribution in [2.45, 2.75) is 18.7 Å². The monoisotopic (exact) mass is 359 g/mol. The number of hydrogen-bond acceptors (Lipinski definition) is 5. The largest absolute Gasteiger partial charge is 0.322 e. The first-order chi connectivity index (χ1) is 11.8. The average Bonchev–Trinajstić information content (AvgIpc) is 2.92. The molecule has 2 heterocycles. The quantitative estimate of drug-likeness (QED) is 0.734. The van der Waals surface area contributed by atoms with Crippen molar-refractivity contribution >= 4 is 27.3 Å². The molecule has 2 aromatic heterocycles. The molecule has 0 aliphatic heterocycles. The van der Waals surface area contributed by atoms with E-state index >= 15 is 0 Å². The maximum absolute atomic E-state index is 12.7. The number of sulfonamides is 1. The summed E-state index contributed by atoms with van der Waals surface area (Å²) in [6, 6.07) is 6.43. The highest BCUT2D eigenvalue weighted by Gasteiger charge is 2.20. The number of carbonyl (C=O) groups excluding carboxylic acids is 1. The van der Waals surface area contributed by atoms with Crippen LogP contribution in [0.5, 0.6) is 0 Å².